The molecular weight excluding hydrogens is 452 g/mol. The minimum atomic E-state index is -4.66. The van der Waals surface area contributed by atoms with E-state index >= 15 is 0 Å². The summed E-state index contributed by atoms with van der Waals surface area (Å²) in [7, 11) is 0. The number of nitrogens with two attached hydrogens (primary N) is 1. The van der Waals surface area contributed by atoms with Crippen molar-refractivity contribution < 1.29 is 31.9 Å². The number of hydrogen-bond acceptors (Lipinski definition) is 3. The molecule has 4 aromatic rings. The fourth-order valence-corrected chi connectivity index (χ4v) is 3.86. The first-order chi connectivity index (χ1) is 16.0. The molecule has 172 valence electrons. The van der Waals surface area contributed by atoms with Crippen molar-refractivity contribution >= 4 is 23.0 Å². The third kappa shape index (κ3) is 3.96. The van der Waals surface area contributed by atoms with Crippen LogP contribution >= 0.6 is 0 Å². The molecular formula is C25H16F4N2O3. The Morgan fingerprint density at radius 1 is 0.912 bits per heavy atom. The van der Waals surface area contributed by atoms with Crippen LogP contribution in [0.5, 0.6) is 0 Å². The van der Waals surface area contributed by atoms with Crippen LogP contribution in [0.15, 0.2) is 66.9 Å². The summed E-state index contributed by atoms with van der Waals surface area (Å²) < 4.78 is 55.0. The maximum atomic E-state index is 13.5. The SMILES string of the molecule is CC(=O)c1c(-c2cccc(C(F)(F)F)c2)c(C(=O)c2ccc(F)cc2)n2ccc(C(N)=O)cc12. The summed E-state index contributed by atoms with van der Waals surface area (Å²) in [6.45, 7) is 1.20. The Kier molecular flexibility index (Phi) is 5.56. The summed E-state index contributed by atoms with van der Waals surface area (Å²) in [4.78, 5) is 38.0. The van der Waals surface area contributed by atoms with Gasteiger partial charge in [-0.3, -0.25) is 14.4 Å². The molecule has 34 heavy (non-hydrogen) atoms. The van der Waals surface area contributed by atoms with E-state index in [1.165, 1.54) is 53.9 Å². The largest absolute Gasteiger partial charge is 0.416 e. The van der Waals surface area contributed by atoms with E-state index in [4.69, 9.17) is 5.73 Å². The number of halogens is 4. The lowest BCUT2D eigenvalue weighted by atomic mass is 9.94. The number of pyridine rings is 1. The second-order valence-electron chi connectivity index (χ2n) is 7.60. The van der Waals surface area contributed by atoms with Crippen LogP contribution in [-0.4, -0.2) is 21.9 Å². The number of ketones is 2. The number of carbonyl (C=O) groups excluding carboxylic acids is 3. The Hall–Kier alpha value is -4.27. The summed E-state index contributed by atoms with van der Waals surface area (Å²) >= 11 is 0. The molecule has 0 spiro atoms. The Morgan fingerprint density at radius 2 is 1.59 bits per heavy atom. The van der Waals surface area contributed by atoms with Crippen LogP contribution in [0.25, 0.3) is 16.6 Å². The predicted octanol–water partition coefficient (Wildman–Crippen LogP) is 5.30. The highest BCUT2D eigenvalue weighted by Gasteiger charge is 2.33. The van der Waals surface area contributed by atoms with Crippen LogP contribution in [0, 0.1) is 5.82 Å². The zero-order chi connectivity index (χ0) is 24.8. The van der Waals surface area contributed by atoms with E-state index in [9.17, 15) is 31.9 Å². The molecule has 2 aromatic carbocycles. The molecule has 0 radical (unpaired) electrons. The van der Waals surface area contributed by atoms with E-state index in [1.807, 2.05) is 0 Å². The number of rotatable bonds is 5. The van der Waals surface area contributed by atoms with Gasteiger partial charge in [0, 0.05) is 22.9 Å². The van der Waals surface area contributed by atoms with E-state index in [1.54, 1.807) is 0 Å². The number of Topliss-reactive ketones (excluding diaryl/α,β-unsaturated/α-hetero) is 1. The van der Waals surface area contributed by atoms with Gasteiger partial charge < -0.3 is 10.1 Å². The third-order valence-corrected chi connectivity index (χ3v) is 5.38. The van der Waals surface area contributed by atoms with Crippen molar-refractivity contribution in [2.24, 2.45) is 5.73 Å². The Morgan fingerprint density at radius 3 is 2.18 bits per heavy atom. The summed E-state index contributed by atoms with van der Waals surface area (Å²) in [6.07, 6.45) is -3.32. The molecule has 0 fully saturated rings. The Bertz CT molecular complexity index is 1470. The number of hydrogen-bond donors (Lipinski definition) is 1. The lowest BCUT2D eigenvalue weighted by molar-refractivity contribution is -0.137. The van der Waals surface area contributed by atoms with Gasteiger partial charge in [0.25, 0.3) is 0 Å². The standard InChI is InChI=1S/C25H16F4N2O3/c1-13(32)20-19-12-16(24(30)34)9-10-31(19)22(23(33)14-5-7-18(26)8-6-14)21(20)15-3-2-4-17(11-15)25(27,28)29/h2-12H,1H3,(H2,30,34). The summed E-state index contributed by atoms with van der Waals surface area (Å²) in [6, 6.07) is 11.5. The first-order valence-corrected chi connectivity index (χ1v) is 9.95. The number of aromatic nitrogens is 1. The minimum Gasteiger partial charge on any atom is -0.366 e. The van der Waals surface area contributed by atoms with Crippen LogP contribution in [0.2, 0.25) is 0 Å². The number of alkyl halides is 3. The molecule has 1 amide bonds. The zero-order valence-corrected chi connectivity index (χ0v) is 17.6. The quantitative estimate of drug-likeness (QED) is 0.319. The normalized spacial score (nSPS) is 11.6. The van der Waals surface area contributed by atoms with Crippen molar-refractivity contribution in [3.05, 3.63) is 101 Å². The lowest BCUT2D eigenvalue weighted by Crippen LogP contribution is -2.12. The van der Waals surface area contributed by atoms with Gasteiger partial charge in [0.1, 0.15) is 11.5 Å². The predicted molar refractivity (Wildman–Crippen MR) is 116 cm³/mol. The van der Waals surface area contributed by atoms with Gasteiger partial charge in [-0.1, -0.05) is 12.1 Å². The van der Waals surface area contributed by atoms with Gasteiger partial charge in [-0.2, -0.15) is 13.2 Å². The Labute approximate surface area is 190 Å². The highest BCUT2D eigenvalue weighted by Crippen LogP contribution is 2.38. The molecule has 2 heterocycles. The second kappa shape index (κ2) is 8.26. The number of primary amides is 1. The molecule has 2 N–H and O–H groups in total. The van der Waals surface area contributed by atoms with Gasteiger partial charge in [0.2, 0.25) is 11.7 Å². The molecule has 0 atom stereocenters. The van der Waals surface area contributed by atoms with Gasteiger partial charge in [0.15, 0.2) is 5.78 Å². The second-order valence-corrected chi connectivity index (χ2v) is 7.60. The van der Waals surface area contributed by atoms with Gasteiger partial charge in [0.05, 0.1) is 16.6 Å². The average Bonchev–Trinajstić information content (AvgIpc) is 3.13. The van der Waals surface area contributed by atoms with Gasteiger partial charge >= 0.3 is 6.18 Å². The zero-order valence-electron chi connectivity index (χ0n) is 17.6. The van der Waals surface area contributed by atoms with Crippen molar-refractivity contribution in [2.75, 3.05) is 0 Å². The smallest absolute Gasteiger partial charge is 0.366 e. The van der Waals surface area contributed by atoms with Crippen LogP contribution < -0.4 is 5.73 Å². The number of benzene rings is 2. The molecule has 0 aliphatic heterocycles. The third-order valence-electron chi connectivity index (χ3n) is 5.38. The molecule has 0 unspecified atom stereocenters. The molecule has 0 saturated carbocycles. The van der Waals surface area contributed by atoms with E-state index < -0.39 is 35.0 Å². The summed E-state index contributed by atoms with van der Waals surface area (Å²) in [5, 5.41) is 0. The average molecular weight is 468 g/mol. The fraction of sp³-hybridized carbons (Fsp3) is 0.0800. The van der Waals surface area contributed by atoms with Gasteiger partial charge in [-0.05, 0) is 61.0 Å². The van der Waals surface area contributed by atoms with Crippen molar-refractivity contribution in [3.63, 3.8) is 0 Å². The maximum absolute atomic E-state index is 13.5. The first-order valence-electron chi connectivity index (χ1n) is 9.95. The molecule has 5 nitrogen and oxygen atoms in total. The number of fused-ring (bicyclic) bond motifs is 1. The topological polar surface area (TPSA) is 81.6 Å². The van der Waals surface area contributed by atoms with E-state index in [-0.39, 0.29) is 39.0 Å². The van der Waals surface area contributed by atoms with Crippen LogP contribution in [0.3, 0.4) is 0 Å². The van der Waals surface area contributed by atoms with Gasteiger partial charge in [-0.15, -0.1) is 0 Å². The molecule has 0 saturated heterocycles. The van der Waals surface area contributed by atoms with Crippen molar-refractivity contribution in [3.8, 4) is 11.1 Å². The number of carbonyl (C=O) groups is 3. The fourth-order valence-electron chi connectivity index (χ4n) is 3.86. The molecule has 0 aliphatic carbocycles. The highest BCUT2D eigenvalue weighted by molar-refractivity contribution is 6.19. The van der Waals surface area contributed by atoms with E-state index in [2.05, 4.69) is 0 Å². The van der Waals surface area contributed by atoms with E-state index in [0.717, 1.165) is 24.3 Å². The first kappa shape index (κ1) is 22.9. The van der Waals surface area contributed by atoms with Crippen molar-refractivity contribution in [1.29, 1.82) is 0 Å². The molecule has 4 rings (SSSR count). The number of amides is 1. The van der Waals surface area contributed by atoms with E-state index in [0.29, 0.717) is 0 Å². The molecule has 0 bridgehead atoms. The molecule has 9 heteroatoms. The van der Waals surface area contributed by atoms with Crippen molar-refractivity contribution in [1.82, 2.24) is 4.40 Å². The van der Waals surface area contributed by atoms with Crippen LogP contribution in [0.4, 0.5) is 17.6 Å². The van der Waals surface area contributed by atoms with Crippen LogP contribution in [0.1, 0.15) is 49.3 Å². The molecule has 0 aliphatic rings. The number of nitrogens with zero attached hydrogens (tertiary/aromatic N) is 1. The van der Waals surface area contributed by atoms with Crippen molar-refractivity contribution in [2.45, 2.75) is 13.1 Å². The van der Waals surface area contributed by atoms with Gasteiger partial charge in [-0.25, -0.2) is 4.39 Å². The molecule has 2 aromatic heterocycles. The monoisotopic (exact) mass is 468 g/mol. The minimum absolute atomic E-state index is 0.0187. The summed E-state index contributed by atoms with van der Waals surface area (Å²) in [5.41, 5.74) is 4.42. The lowest BCUT2D eigenvalue weighted by Gasteiger charge is -2.11. The summed E-state index contributed by atoms with van der Waals surface area (Å²) in [5.74, 6) is -2.55. The highest BCUT2D eigenvalue weighted by atomic mass is 19.4. The maximum Gasteiger partial charge on any atom is 0.416 e. The Balaban J connectivity index is 2.12. The van der Waals surface area contributed by atoms with Crippen LogP contribution in [-0.2, 0) is 6.18 Å².